The van der Waals surface area contributed by atoms with E-state index in [0.717, 1.165) is 33.1 Å². The van der Waals surface area contributed by atoms with Gasteiger partial charge in [-0.05, 0) is 37.6 Å². The average Bonchev–Trinajstić information content (AvgIpc) is 3.03. The topological polar surface area (TPSA) is 81.2 Å². The van der Waals surface area contributed by atoms with Crippen molar-refractivity contribution in [1.82, 2.24) is 14.8 Å². The molecule has 0 saturated carbocycles. The molecule has 142 valence electrons. The fraction of sp³-hybridized carbons (Fsp3) is 0.190. The zero-order chi connectivity index (χ0) is 19.8. The van der Waals surface area contributed by atoms with Crippen molar-refractivity contribution in [2.24, 2.45) is 7.05 Å². The molecule has 2 aromatic carbocycles. The maximum absolute atomic E-state index is 12.0. The molecule has 0 fully saturated rings. The second-order valence-corrected chi connectivity index (χ2v) is 7.64. The summed E-state index contributed by atoms with van der Waals surface area (Å²) in [6, 6.07) is 13.0. The largest absolute Gasteiger partial charge is 0.508 e. The normalized spacial score (nSPS) is 11.2. The molecule has 0 saturated heterocycles. The molecule has 0 bridgehead atoms. The number of aromatic hydroxyl groups is 1. The number of nitrogens with zero attached hydrogens (tertiary/aromatic N) is 3. The van der Waals surface area contributed by atoms with Crippen LogP contribution < -0.4 is 5.63 Å². The van der Waals surface area contributed by atoms with Gasteiger partial charge in [0.2, 0.25) is 0 Å². The van der Waals surface area contributed by atoms with E-state index in [-0.39, 0.29) is 5.75 Å². The summed E-state index contributed by atoms with van der Waals surface area (Å²) < 4.78 is 7.25. The monoisotopic (exact) mass is 393 g/mol. The number of aromatic nitrogens is 3. The summed E-state index contributed by atoms with van der Waals surface area (Å²) in [7, 11) is 1.93. The maximum atomic E-state index is 12.0. The Morgan fingerprint density at radius 3 is 2.75 bits per heavy atom. The first-order valence-electron chi connectivity index (χ1n) is 8.78. The molecule has 0 aliphatic rings. The number of fused-ring (bicyclic) bond motifs is 1. The maximum Gasteiger partial charge on any atom is 0.336 e. The molecule has 0 radical (unpaired) electrons. The van der Waals surface area contributed by atoms with Gasteiger partial charge in [0.1, 0.15) is 11.3 Å². The Hall–Kier alpha value is -3.06. The van der Waals surface area contributed by atoms with E-state index >= 15 is 0 Å². The summed E-state index contributed by atoms with van der Waals surface area (Å²) in [6.45, 7) is 3.77. The van der Waals surface area contributed by atoms with Crippen molar-refractivity contribution in [3.63, 3.8) is 0 Å². The third-order valence-corrected chi connectivity index (χ3v) is 5.75. The van der Waals surface area contributed by atoms with Crippen LogP contribution in [0.3, 0.4) is 0 Å². The van der Waals surface area contributed by atoms with E-state index in [0.29, 0.717) is 16.9 Å². The van der Waals surface area contributed by atoms with Crippen molar-refractivity contribution in [2.45, 2.75) is 24.8 Å². The van der Waals surface area contributed by atoms with Crippen molar-refractivity contribution in [3.8, 4) is 17.1 Å². The Morgan fingerprint density at radius 2 is 1.96 bits per heavy atom. The van der Waals surface area contributed by atoms with Crippen molar-refractivity contribution < 1.29 is 9.52 Å². The fourth-order valence-electron chi connectivity index (χ4n) is 3.15. The number of hydrogen-bond donors (Lipinski definition) is 1. The predicted molar refractivity (Wildman–Crippen MR) is 110 cm³/mol. The summed E-state index contributed by atoms with van der Waals surface area (Å²) in [6.07, 6.45) is 0. The van der Waals surface area contributed by atoms with E-state index < -0.39 is 5.63 Å². The fourth-order valence-corrected chi connectivity index (χ4v) is 4.06. The molecular formula is C21H19N3O3S. The molecule has 28 heavy (non-hydrogen) atoms. The average molecular weight is 393 g/mol. The third kappa shape index (κ3) is 3.29. The van der Waals surface area contributed by atoms with Crippen molar-refractivity contribution >= 4 is 22.7 Å². The molecule has 0 atom stereocenters. The number of hydrogen-bond acceptors (Lipinski definition) is 6. The van der Waals surface area contributed by atoms with Crippen LogP contribution in [-0.4, -0.2) is 19.9 Å². The molecule has 2 heterocycles. The molecule has 1 N–H and O–H groups in total. The van der Waals surface area contributed by atoms with E-state index in [1.165, 1.54) is 17.8 Å². The molecule has 4 aromatic rings. The van der Waals surface area contributed by atoms with Gasteiger partial charge in [-0.1, -0.05) is 35.5 Å². The Labute approximate surface area is 165 Å². The third-order valence-electron chi connectivity index (χ3n) is 4.69. The smallest absolute Gasteiger partial charge is 0.336 e. The van der Waals surface area contributed by atoms with Crippen molar-refractivity contribution in [3.05, 3.63) is 69.6 Å². The number of benzene rings is 2. The van der Waals surface area contributed by atoms with Crippen LogP contribution in [0, 0.1) is 13.8 Å². The van der Waals surface area contributed by atoms with E-state index in [1.54, 1.807) is 19.1 Å². The molecule has 0 unspecified atom stereocenters. The van der Waals surface area contributed by atoms with Crippen LogP contribution in [0.5, 0.6) is 5.75 Å². The lowest BCUT2D eigenvalue weighted by Crippen LogP contribution is -2.01. The molecule has 0 aliphatic carbocycles. The Bertz CT molecular complexity index is 1240. The number of thioether (sulfide) groups is 1. The van der Waals surface area contributed by atoms with Crippen LogP contribution >= 0.6 is 11.8 Å². The minimum Gasteiger partial charge on any atom is -0.508 e. The quantitative estimate of drug-likeness (QED) is 0.413. The van der Waals surface area contributed by atoms with Gasteiger partial charge in [0.15, 0.2) is 11.0 Å². The van der Waals surface area contributed by atoms with Crippen LogP contribution in [0.25, 0.3) is 22.4 Å². The number of aryl methyl sites for hydroxylation is 2. The van der Waals surface area contributed by atoms with Crippen LogP contribution in [-0.2, 0) is 12.8 Å². The van der Waals surface area contributed by atoms with Crippen LogP contribution in [0.1, 0.15) is 16.7 Å². The summed E-state index contributed by atoms with van der Waals surface area (Å²) in [4.78, 5) is 12.0. The molecule has 7 heteroatoms. The predicted octanol–water partition coefficient (Wildman–Crippen LogP) is 4.20. The minimum atomic E-state index is -0.435. The van der Waals surface area contributed by atoms with Gasteiger partial charge < -0.3 is 14.1 Å². The molecule has 0 aliphatic heterocycles. The first kappa shape index (κ1) is 18.3. The van der Waals surface area contributed by atoms with Gasteiger partial charge in [0.05, 0.1) is 0 Å². The number of rotatable bonds is 4. The zero-order valence-electron chi connectivity index (χ0n) is 15.8. The zero-order valence-corrected chi connectivity index (χ0v) is 16.6. The summed E-state index contributed by atoms with van der Waals surface area (Å²) >= 11 is 1.50. The van der Waals surface area contributed by atoms with Gasteiger partial charge in [-0.2, -0.15) is 0 Å². The van der Waals surface area contributed by atoms with Crippen LogP contribution in [0.4, 0.5) is 0 Å². The van der Waals surface area contributed by atoms with Gasteiger partial charge in [-0.3, -0.25) is 0 Å². The highest BCUT2D eigenvalue weighted by atomic mass is 32.2. The summed E-state index contributed by atoms with van der Waals surface area (Å²) in [5.41, 5.74) is 3.55. The molecule has 6 nitrogen and oxygen atoms in total. The second kappa shape index (κ2) is 7.16. The van der Waals surface area contributed by atoms with Crippen LogP contribution in [0.2, 0.25) is 0 Å². The molecule has 2 aromatic heterocycles. The molecule has 4 rings (SSSR count). The highest BCUT2D eigenvalue weighted by molar-refractivity contribution is 7.98. The Kier molecular flexibility index (Phi) is 4.68. The SMILES string of the molecule is Cc1cccc(-c2nnc(SCc3cc(=O)oc4c(C)c(O)ccc34)n2C)c1. The van der Waals surface area contributed by atoms with Gasteiger partial charge in [-0.25, -0.2) is 4.79 Å². The summed E-state index contributed by atoms with van der Waals surface area (Å²) in [5.74, 6) is 1.44. The van der Waals surface area contributed by atoms with E-state index in [1.807, 2.05) is 36.7 Å². The van der Waals surface area contributed by atoms with Gasteiger partial charge in [-0.15, -0.1) is 10.2 Å². The number of phenols is 1. The standard InChI is InChI=1S/C21H19N3O3S/c1-12-5-4-6-14(9-12)20-22-23-21(24(20)3)28-11-15-10-18(26)27-19-13(2)17(25)8-7-16(15)19/h4-10,25H,11H2,1-3H3. The molecular weight excluding hydrogens is 374 g/mol. The van der Waals surface area contributed by atoms with Crippen molar-refractivity contribution in [2.75, 3.05) is 0 Å². The Morgan fingerprint density at radius 1 is 1.14 bits per heavy atom. The lowest BCUT2D eigenvalue weighted by atomic mass is 10.1. The first-order valence-corrected chi connectivity index (χ1v) is 9.77. The van der Waals surface area contributed by atoms with E-state index in [4.69, 9.17) is 4.42 Å². The van der Waals surface area contributed by atoms with E-state index in [2.05, 4.69) is 16.3 Å². The van der Waals surface area contributed by atoms with E-state index in [9.17, 15) is 9.90 Å². The molecule has 0 amide bonds. The lowest BCUT2D eigenvalue weighted by molar-refractivity contribution is 0.468. The lowest BCUT2D eigenvalue weighted by Gasteiger charge is -2.08. The van der Waals surface area contributed by atoms with Gasteiger partial charge in [0.25, 0.3) is 0 Å². The second-order valence-electron chi connectivity index (χ2n) is 6.70. The highest BCUT2D eigenvalue weighted by Gasteiger charge is 2.14. The highest BCUT2D eigenvalue weighted by Crippen LogP contribution is 2.31. The summed E-state index contributed by atoms with van der Waals surface area (Å²) in [5, 5.41) is 20.1. The molecule has 0 spiro atoms. The van der Waals surface area contributed by atoms with Crippen molar-refractivity contribution in [1.29, 1.82) is 0 Å². The first-order chi connectivity index (χ1) is 13.4. The Balaban J connectivity index is 1.66. The number of phenolic OH excluding ortho intramolecular Hbond substituents is 1. The van der Waals surface area contributed by atoms with Crippen LogP contribution in [0.15, 0.2) is 56.8 Å². The minimum absolute atomic E-state index is 0.108. The van der Waals surface area contributed by atoms with Gasteiger partial charge >= 0.3 is 5.63 Å². The van der Waals surface area contributed by atoms with Gasteiger partial charge in [0, 0.05) is 35.4 Å².